The van der Waals surface area contributed by atoms with E-state index in [4.69, 9.17) is 21.1 Å². The molecule has 0 spiro atoms. The van der Waals surface area contributed by atoms with Gasteiger partial charge in [0.15, 0.2) is 6.29 Å². The second-order valence-corrected chi connectivity index (χ2v) is 5.65. The first-order valence-corrected chi connectivity index (χ1v) is 6.96. The fourth-order valence-electron chi connectivity index (χ4n) is 1.43. The standard InChI is InChI=1S/C10H15ClN2O4S/c1-7(10(16-2)17-3)13-18(14,15)9-6-12-5-4-8(9)11/h4-7,10,13H,1-3H3. The lowest BCUT2D eigenvalue weighted by Gasteiger charge is -2.22. The van der Waals surface area contributed by atoms with Crippen molar-refractivity contribution >= 4 is 21.6 Å². The molecule has 0 aliphatic carbocycles. The minimum Gasteiger partial charge on any atom is -0.354 e. The van der Waals surface area contributed by atoms with Crippen molar-refractivity contribution in [1.29, 1.82) is 0 Å². The van der Waals surface area contributed by atoms with E-state index in [-0.39, 0.29) is 9.92 Å². The van der Waals surface area contributed by atoms with Crippen LogP contribution in [0, 0.1) is 0 Å². The van der Waals surface area contributed by atoms with E-state index < -0.39 is 22.4 Å². The predicted molar refractivity (Wildman–Crippen MR) is 66.8 cm³/mol. The van der Waals surface area contributed by atoms with E-state index in [1.54, 1.807) is 6.92 Å². The highest BCUT2D eigenvalue weighted by Gasteiger charge is 2.25. The Bertz CT molecular complexity index is 490. The molecule has 0 radical (unpaired) electrons. The van der Waals surface area contributed by atoms with Crippen LogP contribution < -0.4 is 4.72 Å². The fourth-order valence-corrected chi connectivity index (χ4v) is 3.09. The number of nitrogens with one attached hydrogen (secondary N) is 1. The van der Waals surface area contributed by atoms with Crippen LogP contribution in [0.25, 0.3) is 0 Å². The molecule has 0 bridgehead atoms. The maximum absolute atomic E-state index is 12.1. The van der Waals surface area contributed by atoms with Crippen molar-refractivity contribution in [3.8, 4) is 0 Å². The number of hydrogen-bond donors (Lipinski definition) is 1. The van der Waals surface area contributed by atoms with Crippen molar-refractivity contribution in [2.75, 3.05) is 14.2 Å². The van der Waals surface area contributed by atoms with E-state index in [2.05, 4.69) is 9.71 Å². The first-order valence-electron chi connectivity index (χ1n) is 5.09. The maximum Gasteiger partial charge on any atom is 0.244 e. The summed E-state index contributed by atoms with van der Waals surface area (Å²) in [7, 11) is -0.907. The zero-order valence-corrected chi connectivity index (χ0v) is 11.8. The molecule has 0 aliphatic rings. The highest BCUT2D eigenvalue weighted by atomic mass is 35.5. The Morgan fingerprint density at radius 2 is 2.00 bits per heavy atom. The third-order valence-electron chi connectivity index (χ3n) is 2.24. The number of aromatic nitrogens is 1. The van der Waals surface area contributed by atoms with Gasteiger partial charge in [-0.1, -0.05) is 11.6 Å². The molecule has 18 heavy (non-hydrogen) atoms. The van der Waals surface area contributed by atoms with Crippen LogP contribution in [0.1, 0.15) is 6.92 Å². The largest absolute Gasteiger partial charge is 0.354 e. The number of nitrogens with zero attached hydrogens (tertiary/aromatic N) is 1. The molecule has 0 saturated carbocycles. The number of methoxy groups -OCH3 is 2. The van der Waals surface area contributed by atoms with Gasteiger partial charge < -0.3 is 9.47 Å². The van der Waals surface area contributed by atoms with E-state index in [9.17, 15) is 8.42 Å². The zero-order chi connectivity index (χ0) is 13.8. The van der Waals surface area contributed by atoms with Crippen LogP contribution in [0.3, 0.4) is 0 Å². The number of sulfonamides is 1. The first kappa shape index (κ1) is 15.3. The minimum absolute atomic E-state index is 0.0792. The summed E-state index contributed by atoms with van der Waals surface area (Å²) in [6.45, 7) is 1.62. The molecule has 0 aromatic carbocycles. The van der Waals surface area contributed by atoms with Crippen molar-refractivity contribution in [1.82, 2.24) is 9.71 Å². The summed E-state index contributed by atoms with van der Waals surface area (Å²) >= 11 is 5.82. The molecular formula is C10H15ClN2O4S. The normalized spacial score (nSPS) is 13.8. The lowest BCUT2D eigenvalue weighted by atomic mass is 10.3. The SMILES string of the molecule is COC(OC)C(C)NS(=O)(=O)c1cnccc1Cl. The van der Waals surface area contributed by atoms with Gasteiger partial charge >= 0.3 is 0 Å². The second-order valence-electron chi connectivity index (χ2n) is 3.56. The van der Waals surface area contributed by atoms with Crippen LogP contribution in [0.4, 0.5) is 0 Å². The van der Waals surface area contributed by atoms with Crippen LogP contribution in [0.5, 0.6) is 0 Å². The summed E-state index contributed by atoms with van der Waals surface area (Å²) in [5.41, 5.74) is 0. The average Bonchev–Trinajstić information content (AvgIpc) is 2.30. The minimum atomic E-state index is -3.76. The van der Waals surface area contributed by atoms with Crippen molar-refractivity contribution in [2.45, 2.75) is 24.2 Å². The third-order valence-corrected chi connectivity index (χ3v) is 4.27. The van der Waals surface area contributed by atoms with E-state index in [1.807, 2.05) is 0 Å². The summed E-state index contributed by atoms with van der Waals surface area (Å²) < 4.78 is 36.5. The molecule has 1 rings (SSSR count). The Morgan fingerprint density at radius 3 is 2.50 bits per heavy atom. The Balaban J connectivity index is 2.93. The summed E-state index contributed by atoms with van der Waals surface area (Å²) in [4.78, 5) is 3.66. The molecule has 1 aromatic rings. The molecule has 0 amide bonds. The van der Waals surface area contributed by atoms with Crippen LogP contribution in [-0.4, -0.2) is 40.0 Å². The molecular weight excluding hydrogens is 280 g/mol. The molecule has 1 aromatic heterocycles. The van der Waals surface area contributed by atoms with Gasteiger partial charge in [-0.15, -0.1) is 0 Å². The molecule has 1 heterocycles. The monoisotopic (exact) mass is 294 g/mol. The number of pyridine rings is 1. The molecule has 1 unspecified atom stereocenters. The van der Waals surface area contributed by atoms with Crippen LogP contribution in [0.2, 0.25) is 5.02 Å². The summed E-state index contributed by atoms with van der Waals surface area (Å²) in [6.07, 6.45) is 1.92. The zero-order valence-electron chi connectivity index (χ0n) is 10.3. The molecule has 102 valence electrons. The Morgan fingerprint density at radius 1 is 1.39 bits per heavy atom. The van der Waals surface area contributed by atoms with Crippen LogP contribution >= 0.6 is 11.6 Å². The Kier molecular flexibility index (Phi) is 5.48. The van der Waals surface area contributed by atoms with Gasteiger partial charge in [0.2, 0.25) is 10.0 Å². The molecule has 6 nitrogen and oxygen atoms in total. The van der Waals surface area contributed by atoms with Crippen molar-refractivity contribution in [2.24, 2.45) is 0 Å². The lowest BCUT2D eigenvalue weighted by molar-refractivity contribution is -0.115. The molecule has 0 fully saturated rings. The fraction of sp³-hybridized carbons (Fsp3) is 0.500. The topological polar surface area (TPSA) is 77.5 Å². The van der Waals surface area contributed by atoms with Gasteiger partial charge in [-0.3, -0.25) is 4.98 Å². The quantitative estimate of drug-likeness (QED) is 0.793. The molecule has 0 aliphatic heterocycles. The van der Waals surface area contributed by atoms with Gasteiger partial charge in [-0.25, -0.2) is 13.1 Å². The first-order chi connectivity index (χ1) is 8.42. The molecule has 1 N–H and O–H groups in total. The molecule has 0 saturated heterocycles. The van der Waals surface area contributed by atoms with Crippen LogP contribution in [0.15, 0.2) is 23.4 Å². The molecule has 8 heteroatoms. The Hall–Kier alpha value is -0.730. The number of hydrogen-bond acceptors (Lipinski definition) is 5. The van der Waals surface area contributed by atoms with E-state index in [1.165, 1.54) is 32.7 Å². The van der Waals surface area contributed by atoms with Gasteiger partial charge in [0.1, 0.15) is 4.90 Å². The maximum atomic E-state index is 12.1. The van der Waals surface area contributed by atoms with E-state index in [0.717, 1.165) is 0 Å². The highest BCUT2D eigenvalue weighted by molar-refractivity contribution is 7.89. The van der Waals surface area contributed by atoms with Crippen molar-refractivity contribution < 1.29 is 17.9 Å². The van der Waals surface area contributed by atoms with Gasteiger partial charge in [-0.2, -0.15) is 0 Å². The average molecular weight is 295 g/mol. The van der Waals surface area contributed by atoms with Crippen molar-refractivity contribution in [3.05, 3.63) is 23.5 Å². The van der Waals surface area contributed by atoms with E-state index >= 15 is 0 Å². The summed E-state index contributed by atoms with van der Waals surface area (Å²) in [5, 5.41) is 0.107. The number of halogens is 1. The van der Waals surface area contributed by atoms with E-state index in [0.29, 0.717) is 0 Å². The predicted octanol–water partition coefficient (Wildman–Crippen LogP) is 1.02. The van der Waals surface area contributed by atoms with Crippen LogP contribution in [-0.2, 0) is 19.5 Å². The van der Waals surface area contributed by atoms with Gasteiger partial charge in [-0.05, 0) is 13.0 Å². The number of rotatable bonds is 6. The summed E-state index contributed by atoms with van der Waals surface area (Å²) in [6, 6.07) is 0.839. The van der Waals surface area contributed by atoms with Crippen molar-refractivity contribution in [3.63, 3.8) is 0 Å². The van der Waals surface area contributed by atoms with Gasteiger partial charge in [0, 0.05) is 26.6 Å². The third kappa shape index (κ3) is 3.63. The van der Waals surface area contributed by atoms with Gasteiger partial charge in [0.05, 0.1) is 11.1 Å². The number of ether oxygens (including phenoxy) is 2. The second kappa shape index (κ2) is 6.44. The Labute approximate surface area is 111 Å². The molecule has 1 atom stereocenters. The smallest absolute Gasteiger partial charge is 0.244 e. The summed E-state index contributed by atoms with van der Waals surface area (Å²) in [5.74, 6) is 0. The van der Waals surface area contributed by atoms with Gasteiger partial charge in [0.25, 0.3) is 0 Å². The lowest BCUT2D eigenvalue weighted by Crippen LogP contribution is -2.42. The highest BCUT2D eigenvalue weighted by Crippen LogP contribution is 2.19.